The maximum absolute atomic E-state index is 5.28. The molecule has 26 heavy (non-hydrogen) atoms. The molecule has 130 valence electrons. The molecule has 3 aromatic rings. The van der Waals surface area contributed by atoms with Crippen molar-refractivity contribution in [2.45, 2.75) is 13.5 Å². The fourth-order valence-corrected chi connectivity index (χ4v) is 2.67. The number of hydrazone groups is 1. The highest BCUT2D eigenvalue weighted by molar-refractivity contribution is 7.80. The van der Waals surface area contributed by atoms with E-state index in [4.69, 9.17) is 12.2 Å². The number of rotatable bonds is 5. The van der Waals surface area contributed by atoms with Crippen LogP contribution in [-0.4, -0.2) is 10.8 Å². The van der Waals surface area contributed by atoms with Crippen molar-refractivity contribution in [1.29, 1.82) is 0 Å². The van der Waals surface area contributed by atoms with E-state index >= 15 is 0 Å². The summed E-state index contributed by atoms with van der Waals surface area (Å²) >= 11 is 5.28. The Balaban J connectivity index is 1.56. The van der Waals surface area contributed by atoms with Crippen LogP contribution in [0.1, 0.15) is 18.1 Å². The predicted octanol–water partition coefficient (Wildman–Crippen LogP) is 4.74. The summed E-state index contributed by atoms with van der Waals surface area (Å²) in [4.78, 5) is 0. The summed E-state index contributed by atoms with van der Waals surface area (Å²) in [5, 5.41) is 8.03. The van der Waals surface area contributed by atoms with Gasteiger partial charge in [0, 0.05) is 6.54 Å². The Labute approximate surface area is 159 Å². The van der Waals surface area contributed by atoms with E-state index in [9.17, 15) is 0 Å². The molecule has 0 fully saturated rings. The van der Waals surface area contributed by atoms with Crippen LogP contribution in [0.2, 0.25) is 0 Å². The van der Waals surface area contributed by atoms with Crippen molar-refractivity contribution in [2.24, 2.45) is 5.10 Å². The van der Waals surface area contributed by atoms with E-state index < -0.39 is 0 Å². The molecule has 0 spiro atoms. The highest BCUT2D eigenvalue weighted by atomic mass is 32.1. The second-order valence-electron chi connectivity index (χ2n) is 5.92. The van der Waals surface area contributed by atoms with Crippen molar-refractivity contribution in [3.8, 4) is 11.1 Å². The van der Waals surface area contributed by atoms with Gasteiger partial charge >= 0.3 is 0 Å². The van der Waals surface area contributed by atoms with Crippen LogP contribution in [0.3, 0.4) is 0 Å². The third-order valence-corrected chi connectivity index (χ3v) is 4.27. The quantitative estimate of drug-likeness (QED) is 0.392. The summed E-state index contributed by atoms with van der Waals surface area (Å²) in [6, 6.07) is 28.8. The molecular formula is C22H21N3S. The smallest absolute Gasteiger partial charge is 0.187 e. The minimum atomic E-state index is 0.508. The zero-order valence-electron chi connectivity index (χ0n) is 14.6. The molecule has 0 heterocycles. The molecule has 0 radical (unpaired) electrons. The zero-order valence-corrected chi connectivity index (χ0v) is 15.5. The van der Waals surface area contributed by atoms with E-state index in [1.165, 1.54) is 16.7 Å². The molecule has 0 unspecified atom stereocenters. The third kappa shape index (κ3) is 5.01. The second-order valence-corrected chi connectivity index (χ2v) is 6.33. The van der Waals surface area contributed by atoms with E-state index in [1.54, 1.807) is 0 Å². The van der Waals surface area contributed by atoms with Crippen molar-refractivity contribution in [1.82, 2.24) is 10.7 Å². The van der Waals surface area contributed by atoms with Gasteiger partial charge in [-0.2, -0.15) is 5.10 Å². The number of thiocarbonyl (C=S) groups is 1. The first-order valence-corrected chi connectivity index (χ1v) is 8.91. The maximum Gasteiger partial charge on any atom is 0.187 e. The second kappa shape index (κ2) is 8.92. The van der Waals surface area contributed by atoms with Gasteiger partial charge < -0.3 is 5.32 Å². The lowest BCUT2D eigenvalue weighted by molar-refractivity contribution is 0.866. The van der Waals surface area contributed by atoms with Gasteiger partial charge in [0.25, 0.3) is 0 Å². The molecule has 0 saturated heterocycles. The molecule has 2 N–H and O–H groups in total. The van der Waals surface area contributed by atoms with Gasteiger partial charge in [-0.05, 0) is 41.4 Å². The van der Waals surface area contributed by atoms with Gasteiger partial charge in [0.1, 0.15) is 0 Å². The summed E-state index contributed by atoms with van der Waals surface area (Å²) in [5.74, 6) is 0. The SMILES string of the molecule is C/C(=N/NC(=S)NCc1ccccc1)c1ccc(-c2ccccc2)cc1. The van der Waals surface area contributed by atoms with E-state index in [-0.39, 0.29) is 0 Å². The average Bonchev–Trinajstić information content (AvgIpc) is 2.72. The monoisotopic (exact) mass is 359 g/mol. The Morgan fingerprint density at radius 1 is 0.808 bits per heavy atom. The van der Waals surface area contributed by atoms with Crippen LogP contribution in [0.5, 0.6) is 0 Å². The number of hydrogen-bond acceptors (Lipinski definition) is 2. The van der Waals surface area contributed by atoms with Crippen molar-refractivity contribution in [3.05, 3.63) is 96.1 Å². The Morgan fingerprint density at radius 2 is 1.38 bits per heavy atom. The van der Waals surface area contributed by atoms with Crippen LogP contribution < -0.4 is 10.7 Å². The summed E-state index contributed by atoms with van der Waals surface area (Å²) in [5.41, 5.74) is 8.42. The van der Waals surface area contributed by atoms with Gasteiger partial charge in [-0.15, -0.1) is 0 Å². The van der Waals surface area contributed by atoms with Gasteiger partial charge in [0.2, 0.25) is 0 Å². The fourth-order valence-electron chi connectivity index (χ4n) is 2.55. The van der Waals surface area contributed by atoms with Gasteiger partial charge in [-0.1, -0.05) is 84.9 Å². The van der Waals surface area contributed by atoms with Crippen LogP contribution in [0.25, 0.3) is 11.1 Å². The number of hydrogen-bond donors (Lipinski definition) is 2. The Hall–Kier alpha value is -2.98. The first-order valence-electron chi connectivity index (χ1n) is 8.50. The maximum atomic E-state index is 5.28. The Kier molecular flexibility index (Phi) is 6.12. The van der Waals surface area contributed by atoms with Crippen LogP contribution in [-0.2, 0) is 6.54 Å². The zero-order chi connectivity index (χ0) is 18.2. The van der Waals surface area contributed by atoms with Crippen LogP contribution in [0.4, 0.5) is 0 Å². The number of nitrogens with one attached hydrogen (secondary N) is 2. The van der Waals surface area contributed by atoms with Crippen LogP contribution in [0.15, 0.2) is 90.0 Å². The normalized spacial score (nSPS) is 11.0. The van der Waals surface area contributed by atoms with Gasteiger partial charge in [0.15, 0.2) is 5.11 Å². The van der Waals surface area contributed by atoms with Crippen molar-refractivity contribution in [2.75, 3.05) is 0 Å². The number of benzene rings is 3. The first kappa shape index (κ1) is 17.8. The summed E-state index contributed by atoms with van der Waals surface area (Å²) < 4.78 is 0. The molecule has 0 aliphatic heterocycles. The lowest BCUT2D eigenvalue weighted by Gasteiger charge is -2.08. The third-order valence-electron chi connectivity index (χ3n) is 4.03. The van der Waals surface area contributed by atoms with Crippen molar-refractivity contribution in [3.63, 3.8) is 0 Å². The molecular weight excluding hydrogens is 338 g/mol. The highest BCUT2D eigenvalue weighted by Gasteiger charge is 2.01. The molecule has 3 aromatic carbocycles. The Bertz CT molecular complexity index is 872. The summed E-state index contributed by atoms with van der Waals surface area (Å²) in [6.07, 6.45) is 0. The van der Waals surface area contributed by atoms with Crippen LogP contribution >= 0.6 is 12.2 Å². The average molecular weight is 359 g/mol. The molecule has 0 bridgehead atoms. The van der Waals surface area contributed by atoms with E-state index in [0.717, 1.165) is 11.3 Å². The molecule has 0 aliphatic rings. The van der Waals surface area contributed by atoms with Gasteiger partial charge in [-0.3, -0.25) is 5.43 Å². The standard InChI is InChI=1S/C22H21N3S/c1-17(24-25-22(26)23-16-18-8-4-2-5-9-18)19-12-14-21(15-13-19)20-10-6-3-7-11-20/h2-15H,16H2,1H3,(H2,23,25,26)/b24-17-. The molecule has 0 aromatic heterocycles. The van der Waals surface area contributed by atoms with E-state index in [0.29, 0.717) is 11.7 Å². The summed E-state index contributed by atoms with van der Waals surface area (Å²) in [7, 11) is 0. The minimum Gasteiger partial charge on any atom is -0.357 e. The van der Waals surface area contributed by atoms with Gasteiger partial charge in [0.05, 0.1) is 5.71 Å². The summed E-state index contributed by atoms with van der Waals surface area (Å²) in [6.45, 7) is 2.64. The largest absolute Gasteiger partial charge is 0.357 e. The van der Waals surface area contributed by atoms with E-state index in [1.807, 2.05) is 43.3 Å². The molecule has 3 rings (SSSR count). The van der Waals surface area contributed by atoms with Crippen LogP contribution in [0, 0.1) is 0 Å². The fraction of sp³-hybridized carbons (Fsp3) is 0.0909. The van der Waals surface area contributed by atoms with E-state index in [2.05, 4.69) is 64.4 Å². The predicted molar refractivity (Wildman–Crippen MR) is 113 cm³/mol. The molecule has 0 aliphatic carbocycles. The molecule has 0 amide bonds. The molecule has 3 nitrogen and oxygen atoms in total. The minimum absolute atomic E-state index is 0.508. The molecule has 0 saturated carbocycles. The van der Waals surface area contributed by atoms with Crippen molar-refractivity contribution >= 4 is 23.0 Å². The van der Waals surface area contributed by atoms with Crippen molar-refractivity contribution < 1.29 is 0 Å². The lowest BCUT2D eigenvalue weighted by atomic mass is 10.0. The first-order chi connectivity index (χ1) is 12.7. The molecule has 4 heteroatoms. The highest BCUT2D eigenvalue weighted by Crippen LogP contribution is 2.19. The number of nitrogens with zero attached hydrogens (tertiary/aromatic N) is 1. The molecule has 0 atom stereocenters. The topological polar surface area (TPSA) is 36.4 Å². The lowest BCUT2D eigenvalue weighted by Crippen LogP contribution is -2.32. The Morgan fingerprint density at radius 3 is 2.04 bits per heavy atom. The van der Waals surface area contributed by atoms with Gasteiger partial charge in [-0.25, -0.2) is 0 Å².